The molecule has 0 radical (unpaired) electrons. The first-order valence-electron chi connectivity index (χ1n) is 12.6. The Morgan fingerprint density at radius 2 is 1.98 bits per heavy atom. The zero-order valence-corrected chi connectivity index (χ0v) is 27.5. The SMILES string of the molecule is COC[C@H]1CCCN1S(=O)(=O)c1ccc(-c2cccc(NC(=O)C3(c4c[c-]c5c(c4)OCO5)CC3)n2)cc1.[CH3-].[U+2]. The van der Waals surface area contributed by atoms with Crippen LogP contribution in [0.2, 0.25) is 0 Å². The summed E-state index contributed by atoms with van der Waals surface area (Å²) in [5, 5.41) is 2.96. The number of amides is 1. The van der Waals surface area contributed by atoms with E-state index in [4.69, 9.17) is 14.2 Å². The Kier molecular flexibility index (Phi) is 9.32. The van der Waals surface area contributed by atoms with Crippen molar-refractivity contribution in [3.05, 3.63) is 73.7 Å². The van der Waals surface area contributed by atoms with Crippen molar-refractivity contribution in [2.45, 2.75) is 42.0 Å². The summed E-state index contributed by atoms with van der Waals surface area (Å²) in [7, 11) is -2.03. The number of ether oxygens (including phenoxy) is 3. The minimum atomic E-state index is -3.62. The fourth-order valence-electron chi connectivity index (χ4n) is 5.20. The van der Waals surface area contributed by atoms with E-state index in [2.05, 4.69) is 16.4 Å². The Morgan fingerprint density at radius 1 is 1.20 bits per heavy atom. The van der Waals surface area contributed by atoms with Crippen LogP contribution in [0.3, 0.4) is 0 Å². The molecule has 1 saturated carbocycles. The van der Waals surface area contributed by atoms with Gasteiger partial charge < -0.3 is 27.0 Å². The summed E-state index contributed by atoms with van der Waals surface area (Å²) >= 11 is 0. The second-order valence-electron chi connectivity index (χ2n) is 9.82. The van der Waals surface area contributed by atoms with E-state index in [1.54, 1.807) is 43.5 Å². The number of aromatic nitrogens is 1. The molecule has 3 aromatic rings. The standard InChI is InChI=1S/C28H28N3O6S.CH3.U/c1-35-17-21-4-3-15-31(21)38(33,34)22-10-7-19(8-11-22)23-5-2-6-26(29-23)30-27(32)28(13-14-28)20-9-12-24-25(16-20)37-18-36-24;;/h2,5-11,16,21H,3-4,13-15,17-18H2,1H3,(H,29,30,32);1H3;/q2*-1;+2/t21-;;/m1../s1. The summed E-state index contributed by atoms with van der Waals surface area (Å²) in [5.74, 6) is 1.46. The summed E-state index contributed by atoms with van der Waals surface area (Å²) in [5.41, 5.74) is 1.59. The number of hydrogen-bond acceptors (Lipinski definition) is 7. The van der Waals surface area contributed by atoms with Crippen LogP contribution in [0, 0.1) is 44.6 Å². The number of carbonyl (C=O) groups is 1. The molecule has 2 fully saturated rings. The number of nitrogens with one attached hydrogen (secondary N) is 1. The fraction of sp³-hybridized carbons (Fsp3) is 0.345. The molecule has 1 N–H and O–H groups in total. The number of nitrogens with zero attached hydrogens (tertiary/aromatic N) is 2. The molecule has 9 nitrogen and oxygen atoms in total. The quantitative estimate of drug-likeness (QED) is 0.342. The number of carbonyl (C=O) groups excluding carboxylic acids is 1. The normalized spacial score (nSPS) is 18.9. The van der Waals surface area contributed by atoms with Gasteiger partial charge in [0.15, 0.2) is 0 Å². The Morgan fingerprint density at radius 3 is 2.70 bits per heavy atom. The monoisotopic (exact) mass is 787 g/mol. The largest absolute Gasteiger partial charge is 2.00 e. The Bertz CT molecular complexity index is 1480. The van der Waals surface area contributed by atoms with E-state index in [9.17, 15) is 13.2 Å². The maximum atomic E-state index is 13.3. The Balaban J connectivity index is 0.00000185. The Hall–Kier alpha value is -2.42. The Labute approximate surface area is 259 Å². The number of pyridine rings is 1. The summed E-state index contributed by atoms with van der Waals surface area (Å²) in [6.45, 7) is 1.03. The first kappa shape index (κ1) is 30.5. The molecule has 208 valence electrons. The predicted molar refractivity (Wildman–Crippen MR) is 146 cm³/mol. The van der Waals surface area contributed by atoms with E-state index >= 15 is 0 Å². The van der Waals surface area contributed by atoms with Crippen LogP contribution < -0.4 is 14.8 Å². The van der Waals surface area contributed by atoms with Crippen LogP contribution in [0.1, 0.15) is 31.2 Å². The van der Waals surface area contributed by atoms with Gasteiger partial charge in [0.25, 0.3) is 0 Å². The third-order valence-corrected chi connectivity index (χ3v) is 9.42. The molecule has 1 amide bonds. The van der Waals surface area contributed by atoms with Gasteiger partial charge >= 0.3 is 31.1 Å². The average Bonchev–Trinajstić information content (AvgIpc) is 3.37. The maximum absolute atomic E-state index is 13.3. The van der Waals surface area contributed by atoms with Crippen LogP contribution in [-0.4, -0.2) is 56.7 Å². The number of sulfonamides is 1. The molecule has 1 saturated heterocycles. The topological polar surface area (TPSA) is 107 Å². The van der Waals surface area contributed by atoms with Gasteiger partial charge in [0.05, 0.1) is 28.7 Å². The van der Waals surface area contributed by atoms with E-state index in [1.165, 1.54) is 4.31 Å². The molecular formula is C29H31N3O6SU. The molecule has 2 aromatic carbocycles. The zero-order valence-electron chi connectivity index (χ0n) is 22.5. The molecule has 6 rings (SSSR count). The van der Waals surface area contributed by atoms with E-state index in [1.807, 2.05) is 18.2 Å². The zero-order chi connectivity index (χ0) is 26.3. The van der Waals surface area contributed by atoms with Crippen molar-refractivity contribution < 1.29 is 58.5 Å². The van der Waals surface area contributed by atoms with Gasteiger partial charge in [-0.3, -0.25) is 4.79 Å². The molecule has 0 bridgehead atoms. The second kappa shape index (κ2) is 12.2. The predicted octanol–water partition coefficient (Wildman–Crippen LogP) is 4.20. The number of benzene rings is 2. The second-order valence-corrected chi connectivity index (χ2v) is 11.7. The average molecular weight is 788 g/mol. The number of anilines is 1. The molecule has 11 heteroatoms. The first-order valence-corrected chi connectivity index (χ1v) is 14.1. The van der Waals surface area contributed by atoms with Crippen molar-refractivity contribution in [2.75, 3.05) is 32.4 Å². The smallest absolute Gasteiger partial charge is 0.516 e. The van der Waals surface area contributed by atoms with E-state index in [0.717, 1.165) is 36.8 Å². The number of hydrogen-bond donors (Lipinski definition) is 1. The van der Waals surface area contributed by atoms with E-state index in [-0.39, 0.29) is 62.2 Å². The molecule has 0 unspecified atom stereocenters. The third kappa shape index (κ3) is 5.68. The summed E-state index contributed by atoms with van der Waals surface area (Å²) in [6.07, 6.45) is 3.07. The number of fused-ring (bicyclic) bond motifs is 1. The van der Waals surface area contributed by atoms with E-state index in [0.29, 0.717) is 36.2 Å². The van der Waals surface area contributed by atoms with Crippen LogP contribution in [-0.2, 0) is 25.0 Å². The van der Waals surface area contributed by atoms with E-state index < -0.39 is 15.4 Å². The van der Waals surface area contributed by atoms with Gasteiger partial charge in [-0.2, -0.15) is 10.4 Å². The van der Waals surface area contributed by atoms with Crippen LogP contribution >= 0.6 is 0 Å². The molecular weight excluding hydrogens is 756 g/mol. The minimum Gasteiger partial charge on any atom is -0.516 e. The number of methoxy groups -OCH3 is 1. The van der Waals surface area contributed by atoms with Gasteiger partial charge in [-0.25, -0.2) is 13.4 Å². The van der Waals surface area contributed by atoms with Gasteiger partial charge in [0, 0.05) is 30.7 Å². The van der Waals surface area contributed by atoms with Gasteiger partial charge in [-0.15, -0.1) is 17.7 Å². The molecule has 3 aliphatic rings. The summed E-state index contributed by atoms with van der Waals surface area (Å²) in [4.78, 5) is 18.1. The summed E-state index contributed by atoms with van der Waals surface area (Å²) < 4.78 is 44.0. The molecule has 40 heavy (non-hydrogen) atoms. The van der Waals surface area contributed by atoms with Crippen LogP contribution in [0.4, 0.5) is 5.82 Å². The summed E-state index contributed by atoms with van der Waals surface area (Å²) in [6, 6.07) is 18.6. The molecule has 3 heterocycles. The van der Waals surface area contributed by atoms with Crippen molar-refractivity contribution in [1.82, 2.24) is 9.29 Å². The van der Waals surface area contributed by atoms with Crippen molar-refractivity contribution in [2.24, 2.45) is 0 Å². The van der Waals surface area contributed by atoms with Gasteiger partial charge in [0.2, 0.25) is 22.7 Å². The minimum absolute atomic E-state index is 0. The van der Waals surface area contributed by atoms with Crippen molar-refractivity contribution in [3.63, 3.8) is 0 Å². The van der Waals surface area contributed by atoms with Gasteiger partial charge in [-0.05, 0) is 49.9 Å². The first-order chi connectivity index (χ1) is 18.4. The molecule has 1 atom stereocenters. The number of rotatable bonds is 8. The van der Waals surface area contributed by atoms with Crippen LogP contribution in [0.25, 0.3) is 11.3 Å². The van der Waals surface area contributed by atoms with Gasteiger partial charge in [0.1, 0.15) is 5.82 Å². The van der Waals surface area contributed by atoms with Crippen LogP contribution in [0.15, 0.2) is 59.5 Å². The van der Waals surface area contributed by atoms with Crippen molar-refractivity contribution >= 4 is 21.7 Å². The van der Waals surface area contributed by atoms with Crippen molar-refractivity contribution in [3.8, 4) is 22.8 Å². The molecule has 2 aliphatic heterocycles. The fourth-order valence-corrected chi connectivity index (χ4v) is 6.88. The maximum Gasteiger partial charge on any atom is 2.00 e. The third-order valence-electron chi connectivity index (χ3n) is 7.45. The van der Waals surface area contributed by atoms with Crippen LogP contribution in [0.5, 0.6) is 11.5 Å². The molecule has 1 aliphatic carbocycles. The molecule has 0 spiro atoms. The molecule has 1 aromatic heterocycles. The van der Waals surface area contributed by atoms with Gasteiger partial charge in [-0.1, -0.05) is 18.2 Å². The van der Waals surface area contributed by atoms with Crippen molar-refractivity contribution in [1.29, 1.82) is 0 Å².